The van der Waals surface area contributed by atoms with Gasteiger partial charge in [0, 0.05) is 29.9 Å². The monoisotopic (exact) mass is 354 g/mol. The summed E-state index contributed by atoms with van der Waals surface area (Å²) in [6.45, 7) is 6.48. The fraction of sp³-hybridized carbons (Fsp3) is 0.333. The number of likely N-dealkylation sites (N-methyl/N-ethyl adjacent to an activating group) is 1. The third kappa shape index (κ3) is 5.70. The molecular weight excluding hydrogens is 326 g/mol. The Morgan fingerprint density at radius 1 is 0.962 bits per heavy atom. The van der Waals surface area contributed by atoms with Gasteiger partial charge in [0.15, 0.2) is 6.54 Å². The molecule has 26 heavy (non-hydrogen) atoms. The minimum absolute atomic E-state index is 0.0138. The molecule has 0 spiro atoms. The second kappa shape index (κ2) is 9.73. The van der Waals surface area contributed by atoms with Crippen LogP contribution in [0.1, 0.15) is 29.8 Å². The van der Waals surface area contributed by atoms with E-state index >= 15 is 0 Å². The zero-order chi connectivity index (χ0) is 18.9. The molecule has 0 aromatic heterocycles. The third-order valence-corrected chi connectivity index (χ3v) is 4.28. The Hall–Kier alpha value is -2.66. The summed E-state index contributed by atoms with van der Waals surface area (Å²) in [5.74, 6) is -0.0267. The molecule has 138 valence electrons. The van der Waals surface area contributed by atoms with Gasteiger partial charge < -0.3 is 15.1 Å². The first kappa shape index (κ1) is 19.7. The van der Waals surface area contributed by atoms with E-state index in [9.17, 15) is 9.59 Å². The Morgan fingerprint density at radius 2 is 1.58 bits per heavy atom. The summed E-state index contributed by atoms with van der Waals surface area (Å²) in [6, 6.07) is 17.2. The number of amides is 2. The molecule has 5 nitrogen and oxygen atoms in total. The molecule has 1 atom stereocenters. The van der Waals surface area contributed by atoms with Gasteiger partial charge in [-0.3, -0.25) is 9.59 Å². The van der Waals surface area contributed by atoms with E-state index in [1.807, 2.05) is 39.1 Å². The molecule has 1 unspecified atom stereocenters. The second-order valence-electron chi connectivity index (χ2n) is 6.40. The lowest BCUT2D eigenvalue weighted by Gasteiger charge is -2.18. The normalized spacial score (nSPS) is 11.7. The van der Waals surface area contributed by atoms with Crippen LogP contribution >= 0.6 is 0 Å². The molecule has 0 bridgehead atoms. The van der Waals surface area contributed by atoms with Gasteiger partial charge in [-0.05, 0) is 38.1 Å². The fourth-order valence-corrected chi connectivity index (χ4v) is 2.88. The van der Waals surface area contributed by atoms with Crippen molar-refractivity contribution in [2.45, 2.75) is 20.4 Å². The van der Waals surface area contributed by atoms with Gasteiger partial charge in [-0.1, -0.05) is 30.3 Å². The predicted octanol–water partition coefficient (Wildman–Crippen LogP) is 1.82. The first-order valence-corrected chi connectivity index (χ1v) is 9.07. The maximum absolute atomic E-state index is 12.3. The average Bonchev–Trinajstić information content (AvgIpc) is 2.63. The van der Waals surface area contributed by atoms with Crippen molar-refractivity contribution < 1.29 is 14.5 Å². The van der Waals surface area contributed by atoms with Crippen molar-refractivity contribution in [1.82, 2.24) is 4.90 Å². The van der Waals surface area contributed by atoms with Crippen LogP contribution in [0.5, 0.6) is 0 Å². The van der Waals surface area contributed by atoms with Gasteiger partial charge in [0.05, 0.1) is 7.05 Å². The summed E-state index contributed by atoms with van der Waals surface area (Å²) in [4.78, 5) is 27.4. The molecule has 0 saturated heterocycles. The number of carbonyl (C=O) groups excluding carboxylic acids is 2. The lowest BCUT2D eigenvalue weighted by Crippen LogP contribution is -3.08. The quantitative estimate of drug-likeness (QED) is 0.760. The molecule has 0 radical (unpaired) electrons. The largest absolute Gasteiger partial charge is 0.339 e. The lowest BCUT2D eigenvalue weighted by molar-refractivity contribution is -0.885. The average molecular weight is 354 g/mol. The summed E-state index contributed by atoms with van der Waals surface area (Å²) in [5, 5.41) is 2.90. The zero-order valence-electron chi connectivity index (χ0n) is 15.8. The molecule has 0 saturated carbocycles. The molecule has 2 aromatic rings. The van der Waals surface area contributed by atoms with Crippen LogP contribution in [0.4, 0.5) is 5.69 Å². The van der Waals surface area contributed by atoms with Crippen molar-refractivity contribution in [3.05, 3.63) is 65.7 Å². The van der Waals surface area contributed by atoms with Gasteiger partial charge in [-0.2, -0.15) is 0 Å². The number of rotatable bonds is 8. The summed E-state index contributed by atoms with van der Waals surface area (Å²) in [7, 11) is 2.00. The van der Waals surface area contributed by atoms with Crippen LogP contribution in [0, 0.1) is 0 Å². The Morgan fingerprint density at radius 3 is 2.15 bits per heavy atom. The molecular formula is C21H28N3O2+. The predicted molar refractivity (Wildman–Crippen MR) is 104 cm³/mol. The lowest BCUT2D eigenvalue weighted by atomic mass is 10.1. The molecule has 5 heteroatoms. The van der Waals surface area contributed by atoms with Crippen LogP contribution in [-0.4, -0.2) is 43.4 Å². The number of benzene rings is 2. The molecule has 2 rings (SSSR count). The van der Waals surface area contributed by atoms with E-state index in [4.69, 9.17) is 0 Å². The molecule has 2 amide bonds. The minimum Gasteiger partial charge on any atom is -0.339 e. The van der Waals surface area contributed by atoms with Crippen molar-refractivity contribution in [2.24, 2.45) is 0 Å². The number of carbonyl (C=O) groups is 2. The first-order chi connectivity index (χ1) is 12.5. The summed E-state index contributed by atoms with van der Waals surface area (Å²) in [6.07, 6.45) is 0. The van der Waals surface area contributed by atoms with Crippen molar-refractivity contribution >= 4 is 17.5 Å². The number of nitrogens with one attached hydrogen (secondary N) is 2. The Labute approximate surface area is 155 Å². The molecule has 0 aliphatic rings. The van der Waals surface area contributed by atoms with Gasteiger partial charge in [-0.15, -0.1) is 0 Å². The number of nitrogens with zero attached hydrogens (tertiary/aromatic N) is 1. The highest BCUT2D eigenvalue weighted by molar-refractivity contribution is 5.96. The van der Waals surface area contributed by atoms with E-state index in [0.717, 1.165) is 11.4 Å². The third-order valence-electron chi connectivity index (χ3n) is 4.28. The SMILES string of the molecule is CCN(CC)C(=O)c1ccc(NC(=O)C[NH+](C)Cc2ccccc2)cc1. The van der Waals surface area contributed by atoms with E-state index in [1.165, 1.54) is 5.56 Å². The van der Waals surface area contributed by atoms with Gasteiger partial charge >= 0.3 is 0 Å². The maximum atomic E-state index is 12.3. The number of anilines is 1. The van der Waals surface area contributed by atoms with Crippen molar-refractivity contribution in [3.8, 4) is 0 Å². The minimum atomic E-state index is -0.0405. The van der Waals surface area contributed by atoms with Crippen molar-refractivity contribution in [1.29, 1.82) is 0 Å². The number of quaternary nitrogens is 1. The molecule has 0 heterocycles. The van der Waals surface area contributed by atoms with E-state index in [-0.39, 0.29) is 11.8 Å². The molecule has 0 aliphatic heterocycles. The fourth-order valence-electron chi connectivity index (χ4n) is 2.88. The van der Waals surface area contributed by atoms with Crippen LogP contribution < -0.4 is 10.2 Å². The van der Waals surface area contributed by atoms with E-state index in [0.29, 0.717) is 30.9 Å². The van der Waals surface area contributed by atoms with Gasteiger partial charge in [0.2, 0.25) is 0 Å². The van der Waals surface area contributed by atoms with Crippen LogP contribution in [0.15, 0.2) is 54.6 Å². The van der Waals surface area contributed by atoms with Crippen molar-refractivity contribution in [2.75, 3.05) is 32.0 Å². The topological polar surface area (TPSA) is 53.9 Å². The highest BCUT2D eigenvalue weighted by atomic mass is 16.2. The highest BCUT2D eigenvalue weighted by Gasteiger charge is 2.13. The van der Waals surface area contributed by atoms with E-state index in [1.54, 1.807) is 29.2 Å². The standard InChI is InChI=1S/C21H27N3O2/c1-4-24(5-2)21(26)18-11-13-19(14-12-18)22-20(25)16-23(3)15-17-9-7-6-8-10-17/h6-14H,4-5,15-16H2,1-3H3,(H,22,25)/p+1. The second-order valence-corrected chi connectivity index (χ2v) is 6.40. The Bertz CT molecular complexity index is 710. The van der Waals surface area contributed by atoms with Crippen LogP contribution in [0.25, 0.3) is 0 Å². The van der Waals surface area contributed by atoms with Crippen LogP contribution in [-0.2, 0) is 11.3 Å². The van der Waals surface area contributed by atoms with Gasteiger partial charge in [0.25, 0.3) is 11.8 Å². The highest BCUT2D eigenvalue weighted by Crippen LogP contribution is 2.11. The Balaban J connectivity index is 1.88. The zero-order valence-corrected chi connectivity index (χ0v) is 15.8. The molecule has 2 N–H and O–H groups in total. The summed E-state index contributed by atoms with van der Waals surface area (Å²) >= 11 is 0. The van der Waals surface area contributed by atoms with E-state index in [2.05, 4.69) is 17.4 Å². The maximum Gasteiger partial charge on any atom is 0.279 e. The molecule has 0 aliphatic carbocycles. The number of hydrogen-bond acceptors (Lipinski definition) is 2. The smallest absolute Gasteiger partial charge is 0.279 e. The van der Waals surface area contributed by atoms with Crippen LogP contribution in [0.3, 0.4) is 0 Å². The summed E-state index contributed by atoms with van der Waals surface area (Å²) < 4.78 is 0. The van der Waals surface area contributed by atoms with Crippen molar-refractivity contribution in [3.63, 3.8) is 0 Å². The molecule has 0 fully saturated rings. The first-order valence-electron chi connectivity index (χ1n) is 9.07. The van der Waals surface area contributed by atoms with E-state index < -0.39 is 0 Å². The Kier molecular flexibility index (Phi) is 7.36. The van der Waals surface area contributed by atoms with Gasteiger partial charge in [0.1, 0.15) is 6.54 Å². The molecule has 2 aromatic carbocycles. The summed E-state index contributed by atoms with van der Waals surface area (Å²) in [5.41, 5.74) is 2.55. The van der Waals surface area contributed by atoms with Crippen LogP contribution in [0.2, 0.25) is 0 Å². The van der Waals surface area contributed by atoms with Gasteiger partial charge in [-0.25, -0.2) is 0 Å². The number of hydrogen-bond donors (Lipinski definition) is 2.